The van der Waals surface area contributed by atoms with Gasteiger partial charge in [-0.05, 0) is 58.1 Å². The Balaban J connectivity index is 1.62. The second-order valence-corrected chi connectivity index (χ2v) is 16.6. The normalized spacial score (nSPS) is 16.7. The van der Waals surface area contributed by atoms with Crippen LogP contribution in [0, 0.1) is 5.92 Å². The second kappa shape index (κ2) is 15.4. The fourth-order valence-electron chi connectivity index (χ4n) is 5.60. The fraction of sp³-hybridized carbons (Fsp3) is 0.485. The summed E-state index contributed by atoms with van der Waals surface area (Å²) in [6, 6.07) is 7.86. The van der Waals surface area contributed by atoms with Gasteiger partial charge in [0.15, 0.2) is 5.76 Å². The Morgan fingerprint density at radius 3 is 2.20 bits per heavy atom. The maximum absolute atomic E-state index is 13.6. The molecular formula is C33H45N4O10S2+. The van der Waals surface area contributed by atoms with Crippen LogP contribution in [0.3, 0.4) is 0 Å². The zero-order valence-electron chi connectivity index (χ0n) is 28.2. The molecule has 0 saturated carbocycles. The number of rotatable bonds is 14. The van der Waals surface area contributed by atoms with Crippen molar-refractivity contribution in [1.82, 2.24) is 10.2 Å². The Bertz CT molecular complexity index is 1840. The average Bonchev–Trinajstić information content (AvgIpc) is 2.96. The SMILES string of the molecule is CC(C)C[C@H](NC(=O)OC(C)(C)C)C(=O)Nc1cc2c(c3ccccc13)[NH+]=C1C=CC(N(CCCS(=O)(=O)O)CCCS(=O)(=O)O)C=C1O2. The highest BCUT2D eigenvalue weighted by Crippen LogP contribution is 2.38. The van der Waals surface area contributed by atoms with Gasteiger partial charge in [-0.2, -0.15) is 21.8 Å². The number of carbonyl (C=O) groups is 2. The minimum atomic E-state index is -4.19. The van der Waals surface area contributed by atoms with Crippen LogP contribution in [0.2, 0.25) is 0 Å². The predicted octanol–water partition coefficient (Wildman–Crippen LogP) is 2.94. The van der Waals surface area contributed by atoms with Crippen molar-refractivity contribution in [2.75, 3.05) is 29.9 Å². The molecule has 5 N–H and O–H groups in total. The molecule has 0 bridgehead atoms. The highest BCUT2D eigenvalue weighted by atomic mass is 32.2. The van der Waals surface area contributed by atoms with Crippen LogP contribution in [0.5, 0.6) is 5.75 Å². The van der Waals surface area contributed by atoms with Crippen LogP contribution in [0.4, 0.5) is 16.2 Å². The van der Waals surface area contributed by atoms with E-state index in [0.717, 1.165) is 10.8 Å². The zero-order valence-corrected chi connectivity index (χ0v) is 29.9. The van der Waals surface area contributed by atoms with E-state index in [4.69, 9.17) is 9.47 Å². The van der Waals surface area contributed by atoms with E-state index in [1.165, 1.54) is 0 Å². The third-order valence-corrected chi connectivity index (χ3v) is 9.23. The van der Waals surface area contributed by atoms with E-state index < -0.39 is 61.4 Å². The van der Waals surface area contributed by atoms with Crippen molar-refractivity contribution in [2.45, 2.75) is 71.6 Å². The van der Waals surface area contributed by atoms with Gasteiger partial charge in [0.05, 0.1) is 28.6 Å². The molecule has 0 aromatic heterocycles. The van der Waals surface area contributed by atoms with E-state index in [0.29, 0.717) is 35.0 Å². The molecule has 0 radical (unpaired) electrons. The third kappa shape index (κ3) is 11.4. The molecule has 268 valence electrons. The van der Waals surface area contributed by atoms with E-state index in [9.17, 15) is 35.5 Å². The van der Waals surface area contributed by atoms with Gasteiger partial charge in [-0.3, -0.25) is 18.8 Å². The summed E-state index contributed by atoms with van der Waals surface area (Å²) >= 11 is 0. The highest BCUT2D eigenvalue weighted by Gasteiger charge is 2.32. The number of fused-ring (bicyclic) bond motifs is 4. The first kappa shape index (κ1) is 38.0. The number of carbonyl (C=O) groups excluding carboxylic acids is 2. The summed E-state index contributed by atoms with van der Waals surface area (Å²) in [7, 11) is -8.39. The van der Waals surface area contributed by atoms with E-state index >= 15 is 0 Å². The first-order valence-electron chi connectivity index (χ1n) is 16.0. The minimum Gasteiger partial charge on any atom is -0.444 e. The molecule has 1 aliphatic heterocycles. The molecular weight excluding hydrogens is 677 g/mol. The number of nitrogens with zero attached hydrogens (tertiary/aromatic N) is 1. The van der Waals surface area contributed by atoms with Crippen LogP contribution in [0.15, 0.2) is 54.3 Å². The van der Waals surface area contributed by atoms with E-state index in [1.54, 1.807) is 32.9 Å². The Hall–Kier alpha value is -3.83. The van der Waals surface area contributed by atoms with Crippen molar-refractivity contribution in [2.24, 2.45) is 5.92 Å². The lowest BCUT2D eigenvalue weighted by Crippen LogP contribution is -2.69. The Morgan fingerprint density at radius 1 is 1.02 bits per heavy atom. The van der Waals surface area contributed by atoms with Gasteiger partial charge in [-0.25, -0.2) is 4.79 Å². The molecule has 2 aliphatic rings. The van der Waals surface area contributed by atoms with Crippen LogP contribution in [0.1, 0.15) is 53.9 Å². The van der Waals surface area contributed by atoms with Crippen molar-refractivity contribution in [3.05, 3.63) is 54.3 Å². The van der Waals surface area contributed by atoms with Crippen molar-refractivity contribution in [1.29, 1.82) is 0 Å². The average molecular weight is 722 g/mol. The number of anilines is 1. The van der Waals surface area contributed by atoms with Crippen molar-refractivity contribution in [3.63, 3.8) is 0 Å². The zero-order chi connectivity index (χ0) is 36.1. The van der Waals surface area contributed by atoms with Crippen LogP contribution in [0.25, 0.3) is 10.8 Å². The third-order valence-electron chi connectivity index (χ3n) is 7.62. The van der Waals surface area contributed by atoms with Gasteiger partial charge in [0.25, 0.3) is 25.9 Å². The molecule has 2 aromatic rings. The van der Waals surface area contributed by atoms with Crippen LogP contribution < -0.4 is 20.4 Å². The van der Waals surface area contributed by atoms with Gasteiger partial charge < -0.3 is 20.1 Å². The first-order chi connectivity index (χ1) is 22.8. The Labute approximate surface area is 287 Å². The Morgan fingerprint density at radius 2 is 1.63 bits per heavy atom. The Kier molecular flexibility index (Phi) is 11.9. The first-order valence-corrected chi connectivity index (χ1v) is 19.2. The number of ether oxygens (including phenoxy) is 2. The molecule has 2 aromatic carbocycles. The summed E-state index contributed by atoms with van der Waals surface area (Å²) in [5, 5.41) is 7.18. The van der Waals surface area contributed by atoms with Gasteiger partial charge in [-0.1, -0.05) is 38.1 Å². The lowest BCUT2D eigenvalue weighted by atomic mass is 10.0. The van der Waals surface area contributed by atoms with Crippen LogP contribution >= 0.6 is 0 Å². The molecule has 0 fully saturated rings. The van der Waals surface area contributed by atoms with Gasteiger partial charge in [0, 0.05) is 30.6 Å². The number of hydrogen-bond donors (Lipinski definition) is 5. The fourth-order valence-corrected chi connectivity index (χ4v) is 6.58. The van der Waals surface area contributed by atoms with E-state index in [1.807, 2.05) is 55.2 Å². The number of nitrogens with one attached hydrogen (secondary N) is 3. The standard InChI is InChI=1S/C33H44N4O10S2/c1-21(2)18-27(36-32(39)47-33(3,4)5)31(38)35-26-20-29-30(24-11-7-6-10-23(24)26)34-25-13-12-22(19-28(25)46-29)37(14-8-16-48(40,41)42)15-9-17-49(43,44)45/h6-7,10-13,19-22,27H,8-9,14-18H2,1-5H3,(H,35,38)(H,36,39)(H,40,41,42)(H,43,44,45)/p+1/t22?,27-/m0/s1. The van der Waals surface area contributed by atoms with Gasteiger partial charge in [-0.15, -0.1) is 0 Å². The molecule has 1 unspecified atom stereocenters. The topological polar surface area (TPSA) is 203 Å². The molecule has 1 aliphatic carbocycles. The van der Waals surface area contributed by atoms with Gasteiger partial charge in [0.1, 0.15) is 11.6 Å². The molecule has 0 spiro atoms. The summed E-state index contributed by atoms with van der Waals surface area (Å²) < 4.78 is 75.5. The number of alkyl carbamates (subject to hydrolysis) is 1. The van der Waals surface area contributed by atoms with Gasteiger partial charge >= 0.3 is 6.09 Å². The molecule has 0 saturated heterocycles. The summed E-state index contributed by atoms with van der Waals surface area (Å²) in [5.41, 5.74) is 1.05. The van der Waals surface area contributed by atoms with Crippen molar-refractivity contribution >= 4 is 60.1 Å². The number of benzene rings is 2. The molecule has 16 heteroatoms. The molecule has 2 atom stereocenters. The molecule has 4 rings (SSSR count). The van der Waals surface area contributed by atoms with Crippen LogP contribution in [-0.4, -0.2) is 90.8 Å². The maximum Gasteiger partial charge on any atom is 0.408 e. The largest absolute Gasteiger partial charge is 0.444 e. The lowest BCUT2D eigenvalue weighted by Gasteiger charge is -2.30. The van der Waals surface area contributed by atoms with Gasteiger partial charge in [0.2, 0.25) is 17.4 Å². The number of allylic oxidation sites excluding steroid dienone is 1. The smallest absolute Gasteiger partial charge is 0.408 e. The predicted molar refractivity (Wildman–Crippen MR) is 186 cm³/mol. The van der Waals surface area contributed by atoms with Crippen LogP contribution in [-0.2, 0) is 29.8 Å². The monoisotopic (exact) mass is 721 g/mol. The quantitative estimate of drug-likeness (QED) is 0.180. The summed E-state index contributed by atoms with van der Waals surface area (Å²) in [5.74, 6) is -0.401. The van der Waals surface area contributed by atoms with Crippen molar-refractivity contribution in [3.8, 4) is 5.75 Å². The van der Waals surface area contributed by atoms with E-state index in [-0.39, 0.29) is 31.8 Å². The minimum absolute atomic E-state index is 0.0897. The van der Waals surface area contributed by atoms with E-state index in [2.05, 4.69) is 15.6 Å². The summed E-state index contributed by atoms with van der Waals surface area (Å²) in [6.45, 7) is 9.53. The highest BCUT2D eigenvalue weighted by molar-refractivity contribution is 7.86. The lowest BCUT2D eigenvalue weighted by molar-refractivity contribution is -0.355. The summed E-state index contributed by atoms with van der Waals surface area (Å²) in [6.07, 6.45) is 5.31. The molecule has 1 heterocycles. The second-order valence-electron chi connectivity index (χ2n) is 13.5. The number of hydrogen-bond acceptors (Lipinski definition) is 9. The molecule has 14 nitrogen and oxygen atoms in total. The van der Waals surface area contributed by atoms with Crippen molar-refractivity contribution < 1.29 is 50.0 Å². The molecule has 49 heavy (non-hydrogen) atoms. The summed E-state index contributed by atoms with van der Waals surface area (Å²) in [4.78, 5) is 31.5. The molecule has 2 amide bonds. The maximum atomic E-state index is 13.6. The number of amides is 2.